The quantitative estimate of drug-likeness (QED) is 0.562. The van der Waals surface area contributed by atoms with Crippen molar-refractivity contribution >= 4 is 23.2 Å². The molecule has 92 valence electrons. The number of hydrogen-bond donors (Lipinski definition) is 0. The van der Waals surface area contributed by atoms with E-state index in [4.69, 9.17) is 23.2 Å². The Morgan fingerprint density at radius 3 is 1.87 bits per heavy atom. The molecule has 15 heavy (non-hydrogen) atoms. The van der Waals surface area contributed by atoms with Crippen molar-refractivity contribution in [3.63, 3.8) is 0 Å². The van der Waals surface area contributed by atoms with Crippen molar-refractivity contribution in [1.82, 2.24) is 4.90 Å². The van der Waals surface area contributed by atoms with Crippen molar-refractivity contribution in [2.45, 2.75) is 46.1 Å². The molecule has 0 aromatic carbocycles. The highest BCUT2D eigenvalue weighted by Gasteiger charge is 2.12. The molecule has 0 aliphatic carbocycles. The molecule has 1 atom stereocenters. The molecule has 0 bridgehead atoms. The molecule has 0 radical (unpaired) electrons. The second-order valence-corrected chi connectivity index (χ2v) is 5.34. The Bertz CT molecular complexity index is 134. The van der Waals surface area contributed by atoms with Crippen LogP contribution in [-0.4, -0.2) is 35.8 Å². The van der Waals surface area contributed by atoms with Gasteiger partial charge in [0.2, 0.25) is 0 Å². The number of rotatable bonds is 9. The van der Waals surface area contributed by atoms with Gasteiger partial charge in [-0.25, -0.2) is 0 Å². The first-order valence-electron chi connectivity index (χ1n) is 5.97. The summed E-state index contributed by atoms with van der Waals surface area (Å²) < 4.78 is 0. The van der Waals surface area contributed by atoms with E-state index in [1.807, 2.05) is 0 Å². The van der Waals surface area contributed by atoms with E-state index in [9.17, 15) is 0 Å². The van der Waals surface area contributed by atoms with Crippen LogP contribution in [0, 0.1) is 5.92 Å². The van der Waals surface area contributed by atoms with Crippen LogP contribution in [0.25, 0.3) is 0 Å². The van der Waals surface area contributed by atoms with Gasteiger partial charge < -0.3 is 0 Å². The Hall–Kier alpha value is 0.540. The van der Waals surface area contributed by atoms with Crippen molar-refractivity contribution in [2.75, 3.05) is 24.8 Å². The second kappa shape index (κ2) is 9.74. The molecule has 0 aliphatic rings. The van der Waals surface area contributed by atoms with E-state index in [-0.39, 0.29) is 0 Å². The standard InChI is InChI=1S/C12H25Cl2N/c1-11(2)5-4-6-12(3)15(9-7-13)10-8-14/h11-12H,4-10H2,1-3H3. The van der Waals surface area contributed by atoms with Crippen LogP contribution in [0.4, 0.5) is 0 Å². The number of halogens is 2. The predicted molar refractivity (Wildman–Crippen MR) is 71.2 cm³/mol. The van der Waals surface area contributed by atoms with Gasteiger partial charge in [-0.2, -0.15) is 0 Å². The van der Waals surface area contributed by atoms with E-state index < -0.39 is 0 Å². The molecule has 0 fully saturated rings. The van der Waals surface area contributed by atoms with E-state index in [2.05, 4.69) is 25.7 Å². The third-order valence-corrected chi connectivity index (χ3v) is 3.11. The number of hydrogen-bond acceptors (Lipinski definition) is 1. The first-order chi connectivity index (χ1) is 7.11. The van der Waals surface area contributed by atoms with Crippen LogP contribution in [0.3, 0.4) is 0 Å². The summed E-state index contributed by atoms with van der Waals surface area (Å²) >= 11 is 11.6. The largest absolute Gasteiger partial charge is 0.298 e. The van der Waals surface area contributed by atoms with Gasteiger partial charge in [-0.1, -0.05) is 26.7 Å². The first-order valence-corrected chi connectivity index (χ1v) is 7.04. The zero-order chi connectivity index (χ0) is 11.7. The van der Waals surface area contributed by atoms with Crippen LogP contribution in [0.1, 0.15) is 40.0 Å². The van der Waals surface area contributed by atoms with Crippen LogP contribution in [-0.2, 0) is 0 Å². The summed E-state index contributed by atoms with van der Waals surface area (Å²) in [7, 11) is 0. The van der Waals surface area contributed by atoms with Crippen LogP contribution < -0.4 is 0 Å². The molecule has 3 heteroatoms. The summed E-state index contributed by atoms with van der Waals surface area (Å²) in [6, 6.07) is 0.612. The average molecular weight is 254 g/mol. The van der Waals surface area contributed by atoms with Crippen LogP contribution >= 0.6 is 23.2 Å². The molecule has 0 amide bonds. The highest BCUT2D eigenvalue weighted by molar-refractivity contribution is 6.18. The number of nitrogens with zero attached hydrogens (tertiary/aromatic N) is 1. The van der Waals surface area contributed by atoms with Gasteiger partial charge in [0.1, 0.15) is 0 Å². The Morgan fingerprint density at radius 2 is 1.47 bits per heavy atom. The molecular formula is C12H25Cl2N. The topological polar surface area (TPSA) is 3.24 Å². The third-order valence-electron chi connectivity index (χ3n) is 2.77. The van der Waals surface area contributed by atoms with Crippen molar-refractivity contribution in [2.24, 2.45) is 5.92 Å². The molecule has 0 rings (SSSR count). The van der Waals surface area contributed by atoms with Gasteiger partial charge in [0.05, 0.1) is 0 Å². The van der Waals surface area contributed by atoms with Gasteiger partial charge in [0.15, 0.2) is 0 Å². The molecule has 0 aliphatic heterocycles. The smallest absolute Gasteiger partial charge is 0.0351 e. The van der Waals surface area contributed by atoms with Crippen molar-refractivity contribution in [1.29, 1.82) is 0 Å². The van der Waals surface area contributed by atoms with Gasteiger partial charge in [-0.3, -0.25) is 4.90 Å². The summed E-state index contributed by atoms with van der Waals surface area (Å²) in [5.41, 5.74) is 0. The van der Waals surface area contributed by atoms with Crippen molar-refractivity contribution in [3.8, 4) is 0 Å². The van der Waals surface area contributed by atoms with E-state index in [1.165, 1.54) is 19.3 Å². The SMILES string of the molecule is CC(C)CCCC(C)N(CCCl)CCCl. The monoisotopic (exact) mass is 253 g/mol. The lowest BCUT2D eigenvalue weighted by molar-refractivity contribution is 0.218. The maximum absolute atomic E-state index is 5.78. The van der Waals surface area contributed by atoms with E-state index in [1.54, 1.807) is 0 Å². The molecule has 0 heterocycles. The highest BCUT2D eigenvalue weighted by Crippen LogP contribution is 2.12. The fourth-order valence-corrected chi connectivity index (χ4v) is 2.21. The highest BCUT2D eigenvalue weighted by atomic mass is 35.5. The van der Waals surface area contributed by atoms with E-state index in [0.29, 0.717) is 17.8 Å². The molecule has 0 aromatic rings. The summed E-state index contributed by atoms with van der Waals surface area (Å²) in [6.07, 6.45) is 3.88. The Morgan fingerprint density at radius 1 is 0.933 bits per heavy atom. The van der Waals surface area contributed by atoms with Gasteiger partial charge >= 0.3 is 0 Å². The van der Waals surface area contributed by atoms with Gasteiger partial charge in [0.25, 0.3) is 0 Å². The lowest BCUT2D eigenvalue weighted by Gasteiger charge is -2.27. The summed E-state index contributed by atoms with van der Waals surface area (Å²) in [5, 5.41) is 0. The first kappa shape index (κ1) is 15.5. The minimum Gasteiger partial charge on any atom is -0.298 e. The summed E-state index contributed by atoms with van der Waals surface area (Å²) in [4.78, 5) is 2.39. The Labute approximate surface area is 105 Å². The lowest BCUT2D eigenvalue weighted by atomic mass is 10.0. The fraction of sp³-hybridized carbons (Fsp3) is 1.00. The minimum absolute atomic E-state index is 0.612. The van der Waals surface area contributed by atoms with Gasteiger partial charge in [-0.05, 0) is 19.3 Å². The summed E-state index contributed by atoms with van der Waals surface area (Å²) in [6.45, 7) is 8.74. The van der Waals surface area contributed by atoms with E-state index >= 15 is 0 Å². The van der Waals surface area contributed by atoms with Crippen LogP contribution in [0.2, 0.25) is 0 Å². The maximum Gasteiger partial charge on any atom is 0.0351 e. The molecule has 0 saturated heterocycles. The Kier molecular flexibility index (Phi) is 10.1. The number of alkyl halides is 2. The zero-order valence-electron chi connectivity index (χ0n) is 10.3. The van der Waals surface area contributed by atoms with Crippen LogP contribution in [0.5, 0.6) is 0 Å². The Balaban J connectivity index is 3.74. The van der Waals surface area contributed by atoms with Crippen LogP contribution in [0.15, 0.2) is 0 Å². The third kappa shape index (κ3) is 8.36. The fourth-order valence-electron chi connectivity index (χ4n) is 1.77. The molecular weight excluding hydrogens is 229 g/mol. The maximum atomic E-state index is 5.78. The van der Waals surface area contributed by atoms with Gasteiger partial charge in [-0.15, -0.1) is 23.2 Å². The molecule has 1 nitrogen and oxygen atoms in total. The van der Waals surface area contributed by atoms with E-state index in [0.717, 1.165) is 19.0 Å². The minimum atomic E-state index is 0.612. The molecule has 0 spiro atoms. The molecule has 0 N–H and O–H groups in total. The summed E-state index contributed by atoms with van der Waals surface area (Å²) in [5.74, 6) is 2.21. The van der Waals surface area contributed by atoms with Crippen molar-refractivity contribution in [3.05, 3.63) is 0 Å². The molecule has 0 saturated carbocycles. The lowest BCUT2D eigenvalue weighted by Crippen LogP contribution is -2.36. The second-order valence-electron chi connectivity index (χ2n) is 4.59. The molecule has 1 unspecified atom stereocenters. The zero-order valence-corrected chi connectivity index (χ0v) is 11.8. The molecule has 0 aromatic heterocycles. The predicted octanol–water partition coefficient (Wildman–Crippen LogP) is 3.98. The van der Waals surface area contributed by atoms with Gasteiger partial charge in [0, 0.05) is 30.9 Å². The van der Waals surface area contributed by atoms with Crippen molar-refractivity contribution < 1.29 is 0 Å². The normalized spacial score (nSPS) is 13.8. The average Bonchev–Trinajstić information content (AvgIpc) is 2.16.